The summed E-state index contributed by atoms with van der Waals surface area (Å²) in [5, 5.41) is 0.122. The number of halogens is 1. The van der Waals surface area contributed by atoms with Crippen LogP contribution in [0.5, 0.6) is 0 Å². The summed E-state index contributed by atoms with van der Waals surface area (Å²) in [5.41, 5.74) is 4.79. The number of H-pyrrole nitrogens is 2. The first-order valence-electron chi connectivity index (χ1n) is 7.89. The van der Waals surface area contributed by atoms with Gasteiger partial charge in [-0.2, -0.15) is 0 Å². The van der Waals surface area contributed by atoms with E-state index in [2.05, 4.69) is 14.7 Å². The molecule has 10 heteroatoms. The molecule has 3 rings (SSSR count). The first-order chi connectivity index (χ1) is 11.4. The number of aromatic nitrogens is 2. The molecule has 0 aliphatic heterocycles. The molecule has 2 aromatic rings. The zero-order valence-corrected chi connectivity index (χ0v) is 15.1. The standard InChI is InChI=1S/C15H20N4O4S.ClH/c16-8-9-3-1-2-4-12(9)19-24(22,23)10-5-6-13-11(7-10)14(20)18-15(21)17-13;/h5-7,9,12,19H,1-4,8,16H2,(H2,17,18,20,21);1H. The fourth-order valence-electron chi connectivity index (χ4n) is 3.22. The van der Waals surface area contributed by atoms with Crippen LogP contribution in [0.15, 0.2) is 32.7 Å². The quantitative estimate of drug-likeness (QED) is 0.601. The molecule has 1 aromatic carbocycles. The summed E-state index contributed by atoms with van der Waals surface area (Å²) in [6.07, 6.45) is 3.67. The molecule has 1 aromatic heterocycles. The molecule has 2 atom stereocenters. The lowest BCUT2D eigenvalue weighted by molar-refractivity contribution is 0.296. The summed E-state index contributed by atoms with van der Waals surface area (Å²) in [4.78, 5) is 27.7. The molecule has 1 aliphatic carbocycles. The lowest BCUT2D eigenvalue weighted by Gasteiger charge is -2.31. The third kappa shape index (κ3) is 4.12. The third-order valence-electron chi connectivity index (χ3n) is 4.54. The van der Waals surface area contributed by atoms with Crippen LogP contribution in [-0.2, 0) is 10.0 Å². The highest BCUT2D eigenvalue weighted by Crippen LogP contribution is 2.25. The van der Waals surface area contributed by atoms with Crippen LogP contribution in [0.3, 0.4) is 0 Å². The van der Waals surface area contributed by atoms with Gasteiger partial charge in [0.1, 0.15) is 0 Å². The summed E-state index contributed by atoms with van der Waals surface area (Å²) in [5.74, 6) is 0.119. The molecule has 0 bridgehead atoms. The molecule has 25 heavy (non-hydrogen) atoms. The highest BCUT2D eigenvalue weighted by atomic mass is 35.5. The summed E-state index contributed by atoms with van der Waals surface area (Å²) in [6, 6.07) is 3.87. The van der Waals surface area contributed by atoms with Crippen molar-refractivity contribution in [2.24, 2.45) is 11.7 Å². The molecule has 0 saturated heterocycles. The van der Waals surface area contributed by atoms with E-state index in [1.807, 2.05) is 0 Å². The van der Waals surface area contributed by atoms with Gasteiger partial charge in [-0.3, -0.25) is 9.78 Å². The molecular weight excluding hydrogens is 368 g/mol. The molecule has 8 nitrogen and oxygen atoms in total. The molecule has 0 amide bonds. The highest BCUT2D eigenvalue weighted by Gasteiger charge is 2.28. The van der Waals surface area contributed by atoms with Crippen molar-refractivity contribution in [3.63, 3.8) is 0 Å². The Morgan fingerprint density at radius 2 is 1.88 bits per heavy atom. The van der Waals surface area contributed by atoms with Gasteiger partial charge in [0.05, 0.1) is 15.8 Å². The van der Waals surface area contributed by atoms with Crippen molar-refractivity contribution in [2.45, 2.75) is 36.6 Å². The van der Waals surface area contributed by atoms with Crippen LogP contribution < -0.4 is 21.7 Å². The fraction of sp³-hybridized carbons (Fsp3) is 0.467. The summed E-state index contributed by atoms with van der Waals surface area (Å²) in [6.45, 7) is 0.436. The second kappa shape index (κ2) is 7.69. The normalized spacial score (nSPS) is 21.0. The van der Waals surface area contributed by atoms with Crippen LogP contribution in [0.25, 0.3) is 10.9 Å². The number of nitrogens with one attached hydrogen (secondary N) is 3. The fourth-order valence-corrected chi connectivity index (χ4v) is 4.59. The van der Waals surface area contributed by atoms with Gasteiger partial charge < -0.3 is 10.7 Å². The van der Waals surface area contributed by atoms with Crippen molar-refractivity contribution in [3.05, 3.63) is 39.0 Å². The third-order valence-corrected chi connectivity index (χ3v) is 6.03. The highest BCUT2D eigenvalue weighted by molar-refractivity contribution is 7.89. The smallest absolute Gasteiger partial charge is 0.326 e. The van der Waals surface area contributed by atoms with Crippen molar-refractivity contribution in [1.82, 2.24) is 14.7 Å². The van der Waals surface area contributed by atoms with Gasteiger partial charge in [0.2, 0.25) is 10.0 Å². The van der Waals surface area contributed by atoms with Gasteiger partial charge in [-0.15, -0.1) is 12.4 Å². The Kier molecular flexibility index (Phi) is 6.04. The van der Waals surface area contributed by atoms with Crippen LogP contribution >= 0.6 is 12.4 Å². The maximum absolute atomic E-state index is 12.6. The van der Waals surface area contributed by atoms with Gasteiger partial charge in [0.15, 0.2) is 0 Å². The van der Waals surface area contributed by atoms with E-state index < -0.39 is 21.3 Å². The minimum Gasteiger partial charge on any atom is -0.330 e. The summed E-state index contributed by atoms with van der Waals surface area (Å²) < 4.78 is 28.0. The minimum atomic E-state index is -3.77. The van der Waals surface area contributed by atoms with E-state index in [1.165, 1.54) is 18.2 Å². The molecule has 1 saturated carbocycles. The average Bonchev–Trinajstić information content (AvgIpc) is 2.54. The molecule has 1 fully saturated rings. The molecule has 1 aliphatic rings. The average molecular weight is 389 g/mol. The number of benzene rings is 1. The number of sulfonamides is 1. The van der Waals surface area contributed by atoms with Gasteiger partial charge in [-0.05, 0) is 43.5 Å². The maximum Gasteiger partial charge on any atom is 0.326 e. The summed E-state index contributed by atoms with van der Waals surface area (Å²) >= 11 is 0. The Morgan fingerprint density at radius 1 is 1.16 bits per heavy atom. The lowest BCUT2D eigenvalue weighted by atomic mass is 9.85. The van der Waals surface area contributed by atoms with Crippen LogP contribution in [0, 0.1) is 5.92 Å². The SMILES string of the molecule is Cl.NCC1CCCCC1NS(=O)(=O)c1ccc2[nH]c(=O)[nH]c(=O)c2c1. The number of rotatable bonds is 4. The van der Waals surface area contributed by atoms with Crippen molar-refractivity contribution in [3.8, 4) is 0 Å². The Balaban J connectivity index is 0.00000225. The number of fused-ring (bicyclic) bond motifs is 1. The van der Waals surface area contributed by atoms with E-state index in [4.69, 9.17) is 5.73 Å². The predicted octanol–water partition coefficient (Wildman–Crippen LogP) is 0.434. The molecule has 0 spiro atoms. The molecule has 5 N–H and O–H groups in total. The lowest BCUT2D eigenvalue weighted by Crippen LogP contribution is -2.44. The van der Waals surface area contributed by atoms with Gasteiger partial charge in [-0.25, -0.2) is 17.9 Å². The number of hydrogen-bond acceptors (Lipinski definition) is 5. The van der Waals surface area contributed by atoms with E-state index >= 15 is 0 Å². The van der Waals surface area contributed by atoms with Crippen LogP contribution in [0.1, 0.15) is 25.7 Å². The molecule has 0 radical (unpaired) electrons. The first kappa shape index (κ1) is 19.6. The van der Waals surface area contributed by atoms with Crippen molar-refractivity contribution >= 4 is 33.3 Å². The van der Waals surface area contributed by atoms with Gasteiger partial charge in [0, 0.05) is 6.04 Å². The van der Waals surface area contributed by atoms with Crippen LogP contribution in [0.2, 0.25) is 0 Å². The Morgan fingerprint density at radius 3 is 2.60 bits per heavy atom. The van der Waals surface area contributed by atoms with E-state index in [0.717, 1.165) is 25.7 Å². The van der Waals surface area contributed by atoms with Gasteiger partial charge in [0.25, 0.3) is 5.56 Å². The molecule has 1 heterocycles. The predicted molar refractivity (Wildman–Crippen MR) is 97.6 cm³/mol. The molecular formula is C15H21ClN4O4S. The first-order valence-corrected chi connectivity index (χ1v) is 9.38. The topological polar surface area (TPSA) is 138 Å². The molecule has 2 unspecified atom stereocenters. The minimum absolute atomic E-state index is 0. The van der Waals surface area contributed by atoms with Crippen LogP contribution in [-0.4, -0.2) is 31.0 Å². The Labute approximate surface area is 150 Å². The second-order valence-electron chi connectivity index (χ2n) is 6.12. The number of nitrogens with two attached hydrogens (primary N) is 1. The monoisotopic (exact) mass is 388 g/mol. The Hall–Kier alpha value is -1.68. The van der Waals surface area contributed by atoms with Gasteiger partial charge >= 0.3 is 5.69 Å². The van der Waals surface area contributed by atoms with E-state index in [9.17, 15) is 18.0 Å². The Bertz CT molecular complexity index is 969. The van der Waals surface area contributed by atoms with Crippen molar-refractivity contribution < 1.29 is 8.42 Å². The van der Waals surface area contributed by atoms with E-state index in [-0.39, 0.29) is 34.6 Å². The largest absolute Gasteiger partial charge is 0.330 e. The van der Waals surface area contributed by atoms with Gasteiger partial charge in [-0.1, -0.05) is 12.8 Å². The zero-order valence-electron chi connectivity index (χ0n) is 13.4. The van der Waals surface area contributed by atoms with Crippen LogP contribution in [0.4, 0.5) is 0 Å². The maximum atomic E-state index is 12.6. The summed E-state index contributed by atoms with van der Waals surface area (Å²) in [7, 11) is -3.77. The second-order valence-corrected chi connectivity index (χ2v) is 7.84. The van der Waals surface area contributed by atoms with E-state index in [0.29, 0.717) is 12.1 Å². The number of hydrogen-bond donors (Lipinski definition) is 4. The number of aromatic amines is 2. The van der Waals surface area contributed by atoms with Crippen molar-refractivity contribution in [2.75, 3.05) is 6.54 Å². The molecule has 138 valence electrons. The van der Waals surface area contributed by atoms with Crippen molar-refractivity contribution in [1.29, 1.82) is 0 Å². The zero-order chi connectivity index (χ0) is 17.3. The van der Waals surface area contributed by atoms with E-state index in [1.54, 1.807) is 0 Å².